The molecule has 7 heteroatoms. The van der Waals surface area contributed by atoms with Crippen molar-refractivity contribution in [3.05, 3.63) is 78.4 Å². The van der Waals surface area contributed by atoms with Crippen molar-refractivity contribution in [2.45, 2.75) is 57.3 Å². The first-order chi connectivity index (χ1) is 17.6. The van der Waals surface area contributed by atoms with Crippen molar-refractivity contribution in [2.24, 2.45) is 0 Å². The molecule has 0 aromatic heterocycles. The van der Waals surface area contributed by atoms with Gasteiger partial charge in [-0.2, -0.15) is 0 Å². The van der Waals surface area contributed by atoms with E-state index in [1.807, 2.05) is 42.5 Å². The summed E-state index contributed by atoms with van der Waals surface area (Å²) in [6.45, 7) is 6.96. The number of hydrogen-bond donors (Lipinski definition) is 0. The van der Waals surface area contributed by atoms with Crippen LogP contribution < -0.4 is 4.74 Å². The topological polar surface area (TPSA) is 68.3 Å². The Kier molecular flexibility index (Phi) is 9.39. The first-order valence-electron chi connectivity index (χ1n) is 12.8. The second kappa shape index (κ2) is 13.1. The lowest BCUT2D eigenvalue weighted by molar-refractivity contribution is -0.149. The van der Waals surface area contributed by atoms with Crippen molar-refractivity contribution in [3.63, 3.8) is 0 Å². The van der Waals surface area contributed by atoms with E-state index in [0.717, 1.165) is 50.1 Å². The summed E-state index contributed by atoms with van der Waals surface area (Å²) in [6, 6.07) is 17.2. The summed E-state index contributed by atoms with van der Waals surface area (Å²) in [5.41, 5.74) is 2.12. The summed E-state index contributed by atoms with van der Waals surface area (Å²) in [6.07, 6.45) is 5.90. The molecule has 2 aliphatic heterocycles. The van der Waals surface area contributed by atoms with Crippen LogP contribution in [0, 0.1) is 0 Å². The Labute approximate surface area is 213 Å². The highest BCUT2D eigenvalue weighted by molar-refractivity contribution is 5.82. The molecule has 0 aliphatic carbocycles. The first kappa shape index (κ1) is 25.8. The van der Waals surface area contributed by atoms with Gasteiger partial charge in [-0.25, -0.2) is 9.59 Å². The molecule has 0 bridgehead atoms. The lowest BCUT2D eigenvalue weighted by Crippen LogP contribution is -2.45. The number of carbonyl (C=O) groups excluding carboxylic acids is 2. The van der Waals surface area contributed by atoms with E-state index in [4.69, 9.17) is 14.2 Å². The summed E-state index contributed by atoms with van der Waals surface area (Å²) < 4.78 is 16.8. The van der Waals surface area contributed by atoms with Crippen LogP contribution in [0.25, 0.3) is 0 Å². The molecule has 0 saturated carbocycles. The fourth-order valence-corrected chi connectivity index (χ4v) is 4.84. The number of likely N-dealkylation sites (tertiary alicyclic amines) is 2. The molecule has 0 radical (unpaired) electrons. The SMILES string of the molecule is C=CCOc1ccc(CN2CCCCC2COC(=O)N2CCCC2C(=O)OCc2ccccc2)cc1. The van der Waals surface area contributed by atoms with E-state index in [1.165, 1.54) is 10.5 Å². The molecule has 2 aromatic rings. The predicted molar refractivity (Wildman–Crippen MR) is 137 cm³/mol. The molecule has 2 fully saturated rings. The Morgan fingerprint density at radius 1 is 0.917 bits per heavy atom. The van der Waals surface area contributed by atoms with Crippen molar-refractivity contribution in [1.82, 2.24) is 9.80 Å². The molecule has 2 saturated heterocycles. The summed E-state index contributed by atoms with van der Waals surface area (Å²) >= 11 is 0. The van der Waals surface area contributed by atoms with Crippen LogP contribution in [0.3, 0.4) is 0 Å². The molecule has 2 heterocycles. The number of hydrogen-bond acceptors (Lipinski definition) is 6. The van der Waals surface area contributed by atoms with Crippen LogP contribution in [0.5, 0.6) is 5.75 Å². The average molecular weight is 493 g/mol. The fourth-order valence-electron chi connectivity index (χ4n) is 4.84. The third-order valence-electron chi connectivity index (χ3n) is 6.81. The number of benzene rings is 2. The zero-order valence-electron chi connectivity index (χ0n) is 20.8. The van der Waals surface area contributed by atoms with Crippen LogP contribution in [0.4, 0.5) is 4.79 Å². The fraction of sp³-hybridized carbons (Fsp3) is 0.448. The zero-order valence-corrected chi connectivity index (χ0v) is 20.8. The van der Waals surface area contributed by atoms with Crippen molar-refractivity contribution in [1.29, 1.82) is 0 Å². The van der Waals surface area contributed by atoms with Gasteiger partial charge in [0.05, 0.1) is 0 Å². The Bertz CT molecular complexity index is 994. The summed E-state index contributed by atoms with van der Waals surface area (Å²) in [5, 5.41) is 0. The van der Waals surface area contributed by atoms with Gasteiger partial charge in [0.2, 0.25) is 0 Å². The molecule has 2 aliphatic rings. The van der Waals surface area contributed by atoms with Crippen LogP contribution in [0.15, 0.2) is 67.3 Å². The lowest BCUT2D eigenvalue weighted by atomic mass is 10.0. The number of rotatable bonds is 10. The van der Waals surface area contributed by atoms with E-state index in [-0.39, 0.29) is 18.6 Å². The van der Waals surface area contributed by atoms with Gasteiger partial charge in [-0.15, -0.1) is 0 Å². The van der Waals surface area contributed by atoms with Crippen LogP contribution in [0.2, 0.25) is 0 Å². The van der Waals surface area contributed by atoms with Crippen molar-refractivity contribution in [2.75, 3.05) is 26.3 Å². The summed E-state index contributed by atoms with van der Waals surface area (Å²) in [5.74, 6) is 0.457. The molecule has 2 atom stereocenters. The van der Waals surface area contributed by atoms with Gasteiger partial charge in [0, 0.05) is 19.1 Å². The predicted octanol–water partition coefficient (Wildman–Crippen LogP) is 4.95. The molecule has 0 spiro atoms. The quantitative estimate of drug-likeness (QED) is 0.345. The summed E-state index contributed by atoms with van der Waals surface area (Å²) in [7, 11) is 0. The van der Waals surface area contributed by atoms with Gasteiger partial charge in [-0.05, 0) is 55.5 Å². The van der Waals surface area contributed by atoms with Crippen LogP contribution in [-0.4, -0.2) is 60.2 Å². The van der Waals surface area contributed by atoms with E-state index >= 15 is 0 Å². The first-order valence-corrected chi connectivity index (χ1v) is 12.8. The molecule has 1 amide bonds. The van der Waals surface area contributed by atoms with Gasteiger partial charge in [0.15, 0.2) is 0 Å². The minimum absolute atomic E-state index is 0.158. The zero-order chi connectivity index (χ0) is 25.2. The maximum Gasteiger partial charge on any atom is 0.410 e. The molecule has 0 N–H and O–H groups in total. The minimum atomic E-state index is -0.578. The standard InChI is InChI=1S/C29H36N2O5/c1-2-19-34-26-15-13-23(14-16-26)20-30-17-7-6-11-25(30)22-36-29(33)31-18-8-12-27(31)28(32)35-21-24-9-4-3-5-10-24/h2-5,9-10,13-16,25,27H,1,6-8,11-12,17-22H2. The van der Waals surface area contributed by atoms with Crippen molar-refractivity contribution >= 4 is 12.1 Å². The maximum absolute atomic E-state index is 12.9. The van der Waals surface area contributed by atoms with Crippen LogP contribution in [0.1, 0.15) is 43.2 Å². The number of nitrogens with zero attached hydrogens (tertiary/aromatic N) is 2. The van der Waals surface area contributed by atoms with E-state index in [1.54, 1.807) is 6.08 Å². The van der Waals surface area contributed by atoms with E-state index in [9.17, 15) is 9.59 Å². The molecule has 36 heavy (non-hydrogen) atoms. The normalized spacial score (nSPS) is 20.1. The third kappa shape index (κ3) is 7.10. The van der Waals surface area contributed by atoms with Gasteiger partial charge in [-0.1, -0.05) is 61.5 Å². The highest BCUT2D eigenvalue weighted by atomic mass is 16.6. The number of piperidine rings is 1. The van der Waals surface area contributed by atoms with Crippen molar-refractivity contribution < 1.29 is 23.8 Å². The number of carbonyl (C=O) groups is 2. The number of ether oxygens (including phenoxy) is 3. The molecular formula is C29H36N2O5. The Morgan fingerprint density at radius 3 is 2.50 bits per heavy atom. The van der Waals surface area contributed by atoms with E-state index in [2.05, 4.69) is 23.6 Å². The van der Waals surface area contributed by atoms with E-state index in [0.29, 0.717) is 26.2 Å². The van der Waals surface area contributed by atoms with E-state index < -0.39 is 12.1 Å². The molecule has 7 nitrogen and oxygen atoms in total. The molecular weight excluding hydrogens is 456 g/mol. The van der Waals surface area contributed by atoms with Gasteiger partial charge < -0.3 is 14.2 Å². The second-order valence-electron chi connectivity index (χ2n) is 9.39. The monoisotopic (exact) mass is 492 g/mol. The maximum atomic E-state index is 12.9. The molecule has 2 unspecified atom stereocenters. The Morgan fingerprint density at radius 2 is 1.72 bits per heavy atom. The molecule has 2 aromatic carbocycles. The highest BCUT2D eigenvalue weighted by Gasteiger charge is 2.37. The third-order valence-corrected chi connectivity index (χ3v) is 6.81. The van der Waals surface area contributed by atoms with Crippen LogP contribution in [-0.2, 0) is 27.4 Å². The smallest absolute Gasteiger partial charge is 0.410 e. The number of esters is 1. The lowest BCUT2D eigenvalue weighted by Gasteiger charge is -2.35. The van der Waals surface area contributed by atoms with Crippen LogP contribution >= 0.6 is 0 Å². The van der Waals surface area contributed by atoms with Gasteiger partial charge in [0.25, 0.3) is 0 Å². The number of amides is 1. The van der Waals surface area contributed by atoms with Gasteiger partial charge in [-0.3, -0.25) is 9.80 Å². The molecule has 192 valence electrons. The molecule has 4 rings (SSSR count). The second-order valence-corrected chi connectivity index (χ2v) is 9.39. The van der Waals surface area contributed by atoms with Gasteiger partial charge >= 0.3 is 12.1 Å². The largest absolute Gasteiger partial charge is 0.490 e. The minimum Gasteiger partial charge on any atom is -0.490 e. The Hall–Kier alpha value is -3.32. The van der Waals surface area contributed by atoms with Crippen molar-refractivity contribution in [3.8, 4) is 5.75 Å². The summed E-state index contributed by atoms with van der Waals surface area (Å²) in [4.78, 5) is 29.5. The van der Waals surface area contributed by atoms with Gasteiger partial charge in [0.1, 0.15) is 31.6 Å². The Balaban J connectivity index is 1.27. The average Bonchev–Trinajstić information content (AvgIpc) is 3.42. The highest BCUT2D eigenvalue weighted by Crippen LogP contribution is 2.24.